The zero-order valence-corrected chi connectivity index (χ0v) is 9.86. The van der Waals surface area contributed by atoms with Crippen LogP contribution in [0.2, 0.25) is 0 Å². The van der Waals surface area contributed by atoms with Crippen molar-refractivity contribution in [2.24, 2.45) is 0 Å². The van der Waals surface area contributed by atoms with Gasteiger partial charge in [0.1, 0.15) is 0 Å². The molecule has 0 amide bonds. The van der Waals surface area contributed by atoms with E-state index < -0.39 is 17.5 Å². The first-order valence-corrected chi connectivity index (χ1v) is 5.54. The highest BCUT2D eigenvalue weighted by Crippen LogP contribution is 2.24. The average molecular weight is 263 g/mol. The fraction of sp³-hybridized carbons (Fsp3) is 0.0769. The molecule has 0 atom stereocenters. The van der Waals surface area contributed by atoms with E-state index in [9.17, 15) is 13.2 Å². The van der Waals surface area contributed by atoms with Crippen LogP contribution in [0.3, 0.4) is 0 Å². The first kappa shape index (κ1) is 11.7. The number of pyridine rings is 1. The summed E-state index contributed by atoms with van der Waals surface area (Å²) in [6, 6.07) is 5.57. The molecule has 1 aromatic carbocycles. The van der Waals surface area contributed by atoms with Gasteiger partial charge in [-0.3, -0.25) is 0 Å². The van der Waals surface area contributed by atoms with Crippen molar-refractivity contribution in [1.82, 2.24) is 14.6 Å². The maximum atomic E-state index is 13.7. The van der Waals surface area contributed by atoms with Gasteiger partial charge in [-0.15, -0.1) is 5.10 Å². The van der Waals surface area contributed by atoms with Crippen LogP contribution in [0.15, 0.2) is 30.5 Å². The van der Waals surface area contributed by atoms with E-state index >= 15 is 0 Å². The lowest BCUT2D eigenvalue weighted by Crippen LogP contribution is -1.95. The predicted molar refractivity (Wildman–Crippen MR) is 63.0 cm³/mol. The van der Waals surface area contributed by atoms with Crippen LogP contribution in [0.4, 0.5) is 13.2 Å². The van der Waals surface area contributed by atoms with Gasteiger partial charge in [-0.05, 0) is 30.7 Å². The Balaban J connectivity index is 2.25. The molecule has 2 aromatic heterocycles. The number of hydrogen-bond donors (Lipinski definition) is 0. The van der Waals surface area contributed by atoms with Crippen LogP contribution >= 0.6 is 0 Å². The third-order valence-corrected chi connectivity index (χ3v) is 2.83. The molecule has 0 N–H and O–H groups in total. The fourth-order valence-electron chi connectivity index (χ4n) is 1.85. The SMILES string of the molecule is Cc1cccn2nc(-c3ccc(F)c(F)c3F)nc12. The van der Waals surface area contributed by atoms with Crippen molar-refractivity contribution in [2.45, 2.75) is 6.92 Å². The summed E-state index contributed by atoms with van der Waals surface area (Å²) in [6.07, 6.45) is 1.65. The van der Waals surface area contributed by atoms with E-state index in [1.165, 1.54) is 4.52 Å². The second-order valence-corrected chi connectivity index (χ2v) is 4.12. The van der Waals surface area contributed by atoms with E-state index in [0.717, 1.165) is 17.7 Å². The average Bonchev–Trinajstić information content (AvgIpc) is 2.81. The molecule has 0 spiro atoms. The van der Waals surface area contributed by atoms with Gasteiger partial charge < -0.3 is 0 Å². The second kappa shape index (κ2) is 4.08. The summed E-state index contributed by atoms with van der Waals surface area (Å²) >= 11 is 0. The normalized spacial score (nSPS) is 11.2. The third-order valence-electron chi connectivity index (χ3n) is 2.83. The number of rotatable bonds is 1. The Morgan fingerprint density at radius 3 is 2.58 bits per heavy atom. The van der Waals surface area contributed by atoms with Crippen molar-refractivity contribution in [3.05, 3.63) is 53.5 Å². The summed E-state index contributed by atoms with van der Waals surface area (Å²) in [7, 11) is 0. The molecule has 6 heteroatoms. The van der Waals surface area contributed by atoms with Gasteiger partial charge in [0.2, 0.25) is 0 Å². The third kappa shape index (κ3) is 1.76. The van der Waals surface area contributed by atoms with Crippen molar-refractivity contribution in [2.75, 3.05) is 0 Å². The highest BCUT2D eigenvalue weighted by molar-refractivity contribution is 5.60. The largest absolute Gasteiger partial charge is 0.220 e. The van der Waals surface area contributed by atoms with Crippen LogP contribution in [-0.2, 0) is 0 Å². The van der Waals surface area contributed by atoms with Crippen LogP contribution in [0, 0.1) is 24.4 Å². The van der Waals surface area contributed by atoms with Gasteiger partial charge in [-0.2, -0.15) is 0 Å². The van der Waals surface area contributed by atoms with Crippen LogP contribution in [0.1, 0.15) is 5.56 Å². The molecule has 19 heavy (non-hydrogen) atoms. The standard InChI is InChI=1S/C13H8F3N3/c1-7-3-2-6-19-13(7)17-12(18-19)8-4-5-9(14)11(16)10(8)15/h2-6H,1H3. The summed E-state index contributed by atoms with van der Waals surface area (Å²) in [5, 5.41) is 4.05. The minimum atomic E-state index is -1.52. The fourth-order valence-corrected chi connectivity index (χ4v) is 1.85. The first-order valence-electron chi connectivity index (χ1n) is 5.54. The summed E-state index contributed by atoms with van der Waals surface area (Å²) < 4.78 is 41.2. The monoisotopic (exact) mass is 263 g/mol. The van der Waals surface area contributed by atoms with Gasteiger partial charge >= 0.3 is 0 Å². The molecule has 3 nitrogen and oxygen atoms in total. The molecule has 0 unspecified atom stereocenters. The summed E-state index contributed by atoms with van der Waals surface area (Å²) in [5.74, 6) is -4.02. The molecule has 3 rings (SSSR count). The smallest absolute Gasteiger partial charge is 0.195 e. The summed E-state index contributed by atoms with van der Waals surface area (Å²) in [4.78, 5) is 4.14. The van der Waals surface area contributed by atoms with Gasteiger partial charge in [0, 0.05) is 6.20 Å². The minimum Gasteiger partial charge on any atom is -0.220 e. The van der Waals surface area contributed by atoms with Crippen LogP contribution in [0.25, 0.3) is 17.0 Å². The Morgan fingerprint density at radius 2 is 1.84 bits per heavy atom. The highest BCUT2D eigenvalue weighted by atomic mass is 19.2. The number of nitrogens with zero attached hydrogens (tertiary/aromatic N) is 3. The zero-order chi connectivity index (χ0) is 13.6. The molecular formula is C13H8F3N3. The van der Waals surface area contributed by atoms with E-state index in [2.05, 4.69) is 10.1 Å². The molecule has 0 saturated heterocycles. The predicted octanol–water partition coefficient (Wildman–Crippen LogP) is 3.12. The van der Waals surface area contributed by atoms with Crippen molar-refractivity contribution < 1.29 is 13.2 Å². The molecule has 0 fully saturated rings. The summed E-state index contributed by atoms with van der Waals surface area (Å²) in [5.41, 5.74) is 1.23. The summed E-state index contributed by atoms with van der Waals surface area (Å²) in [6.45, 7) is 1.83. The zero-order valence-electron chi connectivity index (χ0n) is 9.86. The second-order valence-electron chi connectivity index (χ2n) is 4.12. The molecule has 96 valence electrons. The lowest BCUT2D eigenvalue weighted by molar-refractivity contribution is 0.448. The number of halogens is 3. The minimum absolute atomic E-state index is 0.0192. The van der Waals surface area contributed by atoms with E-state index in [1.54, 1.807) is 12.3 Å². The molecule has 0 aliphatic carbocycles. The van der Waals surface area contributed by atoms with Gasteiger partial charge in [-0.1, -0.05) is 6.07 Å². The molecule has 0 aliphatic rings. The number of fused-ring (bicyclic) bond motifs is 1. The number of hydrogen-bond acceptors (Lipinski definition) is 2. The van der Waals surface area contributed by atoms with E-state index in [4.69, 9.17) is 0 Å². The Kier molecular flexibility index (Phi) is 2.51. The highest BCUT2D eigenvalue weighted by Gasteiger charge is 2.18. The van der Waals surface area contributed by atoms with Gasteiger partial charge in [0.25, 0.3) is 0 Å². The number of benzene rings is 1. The van der Waals surface area contributed by atoms with Gasteiger partial charge in [0.05, 0.1) is 5.56 Å². The molecule has 0 saturated carbocycles. The quantitative estimate of drug-likeness (QED) is 0.631. The van der Waals surface area contributed by atoms with Crippen LogP contribution in [0.5, 0.6) is 0 Å². The molecule has 3 aromatic rings. The maximum Gasteiger partial charge on any atom is 0.195 e. The molecular weight excluding hydrogens is 255 g/mol. The van der Waals surface area contributed by atoms with Gasteiger partial charge in [0.15, 0.2) is 28.9 Å². The molecule has 0 aliphatic heterocycles. The molecule has 0 bridgehead atoms. The Morgan fingerprint density at radius 1 is 1.05 bits per heavy atom. The van der Waals surface area contributed by atoms with Gasteiger partial charge in [-0.25, -0.2) is 22.7 Å². The lowest BCUT2D eigenvalue weighted by atomic mass is 10.2. The topological polar surface area (TPSA) is 30.2 Å². The Labute approximate surface area is 106 Å². The number of aromatic nitrogens is 3. The lowest BCUT2D eigenvalue weighted by Gasteiger charge is -1.99. The van der Waals surface area contributed by atoms with Crippen LogP contribution < -0.4 is 0 Å². The maximum absolute atomic E-state index is 13.7. The van der Waals surface area contributed by atoms with E-state index in [-0.39, 0.29) is 11.4 Å². The van der Waals surface area contributed by atoms with E-state index in [0.29, 0.717) is 5.65 Å². The Bertz CT molecular complexity index is 780. The Hall–Kier alpha value is -2.37. The van der Waals surface area contributed by atoms with Crippen molar-refractivity contribution in [3.63, 3.8) is 0 Å². The van der Waals surface area contributed by atoms with E-state index in [1.807, 2.05) is 13.0 Å². The van der Waals surface area contributed by atoms with Crippen molar-refractivity contribution in [1.29, 1.82) is 0 Å². The number of aryl methyl sites for hydroxylation is 1. The van der Waals surface area contributed by atoms with Crippen LogP contribution in [-0.4, -0.2) is 14.6 Å². The first-order chi connectivity index (χ1) is 9.08. The van der Waals surface area contributed by atoms with Crippen molar-refractivity contribution >= 4 is 5.65 Å². The molecule has 0 radical (unpaired) electrons. The van der Waals surface area contributed by atoms with Crippen molar-refractivity contribution in [3.8, 4) is 11.4 Å². The molecule has 2 heterocycles.